The highest BCUT2D eigenvalue weighted by Crippen LogP contribution is 2.19. The average molecular weight is 367 g/mol. The van der Waals surface area contributed by atoms with Crippen LogP contribution in [0.15, 0.2) is 48.5 Å². The first-order chi connectivity index (χ1) is 10.9. The summed E-state index contributed by atoms with van der Waals surface area (Å²) in [5, 5.41) is 8.23. The van der Waals surface area contributed by atoms with Crippen LogP contribution in [0.3, 0.4) is 0 Å². The molecule has 0 spiro atoms. The number of hydrogen-bond donors (Lipinski definition) is 2. The Balaban J connectivity index is 0.000000240. The van der Waals surface area contributed by atoms with E-state index in [4.69, 9.17) is 23.2 Å². The summed E-state index contributed by atoms with van der Waals surface area (Å²) in [5.41, 5.74) is 2.36. The van der Waals surface area contributed by atoms with Crippen molar-refractivity contribution in [2.75, 3.05) is 10.6 Å². The first kappa shape index (κ1) is 20.7. The van der Waals surface area contributed by atoms with Crippen molar-refractivity contribution in [2.24, 2.45) is 0 Å². The third-order valence-corrected chi connectivity index (χ3v) is 3.19. The molecule has 2 aromatic rings. The third kappa shape index (κ3) is 9.69. The molecule has 0 aromatic heterocycles. The Labute approximate surface area is 156 Å². The fraction of sp³-hybridized carbons (Fsp3) is 0.400. The molecule has 0 bridgehead atoms. The molecule has 0 heterocycles. The zero-order valence-corrected chi connectivity index (χ0v) is 16.9. The average Bonchev–Trinajstić information content (AvgIpc) is 2.39. The van der Waals surface area contributed by atoms with Gasteiger partial charge in [0.1, 0.15) is 0 Å². The topological polar surface area (TPSA) is 24.1 Å². The zero-order chi connectivity index (χ0) is 18.4. The summed E-state index contributed by atoms with van der Waals surface area (Å²) >= 11 is 11.6. The van der Waals surface area contributed by atoms with Gasteiger partial charge in [0.15, 0.2) is 0 Å². The fourth-order valence-electron chi connectivity index (χ4n) is 1.97. The van der Waals surface area contributed by atoms with Crippen molar-refractivity contribution in [3.8, 4) is 0 Å². The van der Waals surface area contributed by atoms with E-state index in [0.29, 0.717) is 0 Å². The molecular weight excluding hydrogens is 339 g/mol. The van der Waals surface area contributed by atoms with Gasteiger partial charge in [-0.25, -0.2) is 0 Å². The maximum atomic E-state index is 5.83. The van der Waals surface area contributed by atoms with Gasteiger partial charge in [0, 0.05) is 32.5 Å². The molecule has 0 amide bonds. The largest absolute Gasteiger partial charge is 0.380 e. The van der Waals surface area contributed by atoms with E-state index in [1.165, 1.54) is 0 Å². The highest BCUT2D eigenvalue weighted by Gasteiger charge is 2.09. The van der Waals surface area contributed by atoms with Crippen molar-refractivity contribution in [1.29, 1.82) is 0 Å². The maximum Gasteiger partial charge on any atom is 0.0426 e. The van der Waals surface area contributed by atoms with Crippen LogP contribution in [0.5, 0.6) is 0 Å². The van der Waals surface area contributed by atoms with Crippen LogP contribution in [-0.2, 0) is 0 Å². The predicted octanol–water partition coefficient (Wildman–Crippen LogP) is 7.10. The van der Waals surface area contributed by atoms with Crippen LogP contribution < -0.4 is 10.6 Å². The quantitative estimate of drug-likeness (QED) is 0.591. The Morgan fingerprint density at radius 1 is 0.625 bits per heavy atom. The van der Waals surface area contributed by atoms with Crippen LogP contribution in [0, 0.1) is 0 Å². The van der Waals surface area contributed by atoms with Gasteiger partial charge >= 0.3 is 0 Å². The molecule has 0 fully saturated rings. The summed E-state index contributed by atoms with van der Waals surface area (Å²) in [6.07, 6.45) is 0. The monoisotopic (exact) mass is 366 g/mol. The Hall–Kier alpha value is -1.38. The Kier molecular flexibility index (Phi) is 7.44. The van der Waals surface area contributed by atoms with Crippen molar-refractivity contribution < 1.29 is 0 Å². The van der Waals surface area contributed by atoms with E-state index < -0.39 is 0 Å². The minimum absolute atomic E-state index is 0.0880. The lowest BCUT2D eigenvalue weighted by Gasteiger charge is -2.22. The van der Waals surface area contributed by atoms with Crippen LogP contribution in [0.1, 0.15) is 41.5 Å². The molecule has 2 N–H and O–H groups in total. The summed E-state index contributed by atoms with van der Waals surface area (Å²) < 4.78 is 0. The first-order valence-corrected chi connectivity index (χ1v) is 8.78. The van der Waals surface area contributed by atoms with E-state index in [0.717, 1.165) is 21.4 Å². The standard InChI is InChI=1S/2C10H14ClN/c1-10(2,3)12-9-6-4-8(11)5-7-9;1-10(2,3)12-9-6-4-5-8(11)7-9/h2*4-7,12H,1-3H3. The number of anilines is 2. The molecule has 24 heavy (non-hydrogen) atoms. The first-order valence-electron chi connectivity index (χ1n) is 8.02. The van der Waals surface area contributed by atoms with Crippen molar-refractivity contribution in [3.05, 3.63) is 58.6 Å². The molecular formula is C20H28Cl2N2. The van der Waals surface area contributed by atoms with E-state index in [9.17, 15) is 0 Å². The Morgan fingerprint density at radius 3 is 1.58 bits per heavy atom. The molecule has 0 aliphatic heterocycles. The minimum Gasteiger partial charge on any atom is -0.380 e. The second kappa shape index (κ2) is 8.64. The number of rotatable bonds is 2. The van der Waals surface area contributed by atoms with Gasteiger partial charge in [0.2, 0.25) is 0 Å². The molecule has 0 saturated heterocycles. The van der Waals surface area contributed by atoms with Crippen molar-refractivity contribution >= 4 is 34.6 Å². The molecule has 2 nitrogen and oxygen atoms in total. The molecule has 0 atom stereocenters. The van der Waals surface area contributed by atoms with E-state index in [1.54, 1.807) is 0 Å². The minimum atomic E-state index is 0.0880. The van der Waals surface area contributed by atoms with Crippen LogP contribution in [0.25, 0.3) is 0 Å². The summed E-state index contributed by atoms with van der Waals surface area (Å²) in [6, 6.07) is 15.5. The molecule has 0 aliphatic rings. The molecule has 2 aromatic carbocycles. The smallest absolute Gasteiger partial charge is 0.0426 e. The number of halogens is 2. The maximum absolute atomic E-state index is 5.83. The van der Waals surface area contributed by atoms with Crippen LogP contribution in [0.2, 0.25) is 10.0 Å². The van der Waals surface area contributed by atoms with Crippen molar-refractivity contribution in [3.63, 3.8) is 0 Å². The number of benzene rings is 2. The fourth-order valence-corrected chi connectivity index (χ4v) is 2.28. The molecule has 0 saturated carbocycles. The van der Waals surface area contributed by atoms with Gasteiger partial charge in [0.05, 0.1) is 0 Å². The van der Waals surface area contributed by atoms with Crippen LogP contribution >= 0.6 is 23.2 Å². The molecule has 132 valence electrons. The lowest BCUT2D eigenvalue weighted by molar-refractivity contribution is 0.633. The Bertz CT molecular complexity index is 623. The van der Waals surface area contributed by atoms with E-state index in [-0.39, 0.29) is 11.1 Å². The van der Waals surface area contributed by atoms with Gasteiger partial charge in [0.25, 0.3) is 0 Å². The Morgan fingerprint density at radius 2 is 1.12 bits per heavy atom. The molecule has 2 rings (SSSR count). The molecule has 0 radical (unpaired) electrons. The lowest BCUT2D eigenvalue weighted by atomic mass is 10.1. The van der Waals surface area contributed by atoms with Crippen molar-refractivity contribution in [1.82, 2.24) is 0 Å². The van der Waals surface area contributed by atoms with Crippen LogP contribution in [0.4, 0.5) is 11.4 Å². The molecule has 0 unspecified atom stereocenters. The van der Waals surface area contributed by atoms with E-state index in [2.05, 4.69) is 52.2 Å². The van der Waals surface area contributed by atoms with Gasteiger partial charge in [-0.2, -0.15) is 0 Å². The molecule has 0 aliphatic carbocycles. The van der Waals surface area contributed by atoms with Gasteiger partial charge < -0.3 is 10.6 Å². The van der Waals surface area contributed by atoms with Crippen molar-refractivity contribution in [2.45, 2.75) is 52.6 Å². The van der Waals surface area contributed by atoms with Gasteiger partial charge in [-0.3, -0.25) is 0 Å². The second-order valence-corrected chi connectivity index (χ2v) is 8.64. The van der Waals surface area contributed by atoms with Crippen LogP contribution in [-0.4, -0.2) is 11.1 Å². The predicted molar refractivity (Wildman–Crippen MR) is 110 cm³/mol. The lowest BCUT2D eigenvalue weighted by Crippen LogP contribution is -2.25. The zero-order valence-electron chi connectivity index (χ0n) is 15.4. The third-order valence-electron chi connectivity index (χ3n) is 2.71. The summed E-state index contributed by atoms with van der Waals surface area (Å²) in [4.78, 5) is 0. The van der Waals surface area contributed by atoms with Gasteiger partial charge in [-0.1, -0.05) is 29.3 Å². The summed E-state index contributed by atoms with van der Waals surface area (Å²) in [5.74, 6) is 0. The van der Waals surface area contributed by atoms with Gasteiger partial charge in [-0.15, -0.1) is 0 Å². The SMILES string of the molecule is CC(C)(C)Nc1ccc(Cl)cc1.CC(C)(C)Nc1cccc(Cl)c1. The van der Waals surface area contributed by atoms with Gasteiger partial charge in [-0.05, 0) is 84.0 Å². The highest BCUT2D eigenvalue weighted by atomic mass is 35.5. The molecule has 4 heteroatoms. The summed E-state index contributed by atoms with van der Waals surface area (Å²) in [7, 11) is 0. The normalized spacial score (nSPS) is 11.3. The van der Waals surface area contributed by atoms with E-state index in [1.807, 2.05) is 48.5 Å². The summed E-state index contributed by atoms with van der Waals surface area (Å²) in [6.45, 7) is 12.7. The van der Waals surface area contributed by atoms with E-state index >= 15 is 0 Å². The highest BCUT2D eigenvalue weighted by molar-refractivity contribution is 6.31. The second-order valence-electron chi connectivity index (χ2n) is 7.77. The number of hydrogen-bond acceptors (Lipinski definition) is 2. The number of nitrogens with one attached hydrogen (secondary N) is 2.